The first kappa shape index (κ1) is 12.4. The Kier molecular flexibility index (Phi) is 4.65. The smallest absolute Gasteiger partial charge is 0.101 e. The lowest BCUT2D eigenvalue weighted by Crippen LogP contribution is -2.03. The van der Waals surface area contributed by atoms with Gasteiger partial charge < -0.3 is 11.1 Å². The van der Waals surface area contributed by atoms with Crippen LogP contribution in [0.2, 0.25) is 0 Å². The van der Waals surface area contributed by atoms with E-state index in [1.165, 1.54) is 6.42 Å². The first-order valence-corrected chi connectivity index (χ1v) is 5.67. The summed E-state index contributed by atoms with van der Waals surface area (Å²) in [6.45, 7) is 5.38. The van der Waals surface area contributed by atoms with Crippen LogP contribution in [-0.2, 0) is 0 Å². The third-order valence-corrected chi connectivity index (χ3v) is 2.46. The maximum Gasteiger partial charge on any atom is 0.101 e. The SMILES string of the molecule is CC(C)CCCNc1ccc(N)c(C#N)c1. The van der Waals surface area contributed by atoms with Crippen molar-refractivity contribution >= 4 is 11.4 Å². The molecule has 0 unspecified atom stereocenters. The third kappa shape index (κ3) is 3.82. The molecular formula is C13H19N3. The highest BCUT2D eigenvalue weighted by Gasteiger charge is 2.00. The second-order valence-corrected chi connectivity index (χ2v) is 4.38. The van der Waals surface area contributed by atoms with Crippen molar-refractivity contribution in [3.8, 4) is 6.07 Å². The van der Waals surface area contributed by atoms with E-state index in [4.69, 9.17) is 11.0 Å². The Balaban J connectivity index is 2.46. The Morgan fingerprint density at radius 2 is 2.19 bits per heavy atom. The van der Waals surface area contributed by atoms with E-state index in [1.807, 2.05) is 6.07 Å². The summed E-state index contributed by atoms with van der Waals surface area (Å²) in [6.07, 6.45) is 2.36. The van der Waals surface area contributed by atoms with Crippen LogP contribution in [0.25, 0.3) is 0 Å². The van der Waals surface area contributed by atoms with Gasteiger partial charge in [-0.25, -0.2) is 0 Å². The molecule has 0 amide bonds. The van der Waals surface area contributed by atoms with Crippen molar-refractivity contribution in [2.75, 3.05) is 17.6 Å². The van der Waals surface area contributed by atoms with E-state index in [9.17, 15) is 0 Å². The number of nitrogens with one attached hydrogen (secondary N) is 1. The van der Waals surface area contributed by atoms with E-state index >= 15 is 0 Å². The van der Waals surface area contributed by atoms with Crippen LogP contribution >= 0.6 is 0 Å². The summed E-state index contributed by atoms with van der Waals surface area (Å²) in [4.78, 5) is 0. The van der Waals surface area contributed by atoms with Gasteiger partial charge >= 0.3 is 0 Å². The second kappa shape index (κ2) is 6.02. The van der Waals surface area contributed by atoms with Gasteiger partial charge in [0.25, 0.3) is 0 Å². The predicted molar refractivity (Wildman–Crippen MR) is 68.1 cm³/mol. The van der Waals surface area contributed by atoms with Gasteiger partial charge in [-0.15, -0.1) is 0 Å². The zero-order valence-electron chi connectivity index (χ0n) is 9.96. The summed E-state index contributed by atoms with van der Waals surface area (Å²) in [5, 5.41) is 12.1. The molecule has 3 nitrogen and oxygen atoms in total. The number of rotatable bonds is 5. The number of nitrogens with two attached hydrogens (primary N) is 1. The van der Waals surface area contributed by atoms with Gasteiger partial charge in [0, 0.05) is 17.9 Å². The molecule has 0 spiro atoms. The van der Waals surface area contributed by atoms with E-state index < -0.39 is 0 Å². The minimum Gasteiger partial charge on any atom is -0.398 e. The lowest BCUT2D eigenvalue weighted by molar-refractivity contribution is 0.567. The van der Waals surface area contributed by atoms with Crippen LogP contribution in [0, 0.1) is 17.2 Å². The maximum absolute atomic E-state index is 8.83. The van der Waals surface area contributed by atoms with Crippen LogP contribution in [-0.4, -0.2) is 6.54 Å². The molecule has 0 fully saturated rings. The molecule has 0 aromatic heterocycles. The van der Waals surface area contributed by atoms with Crippen molar-refractivity contribution in [1.29, 1.82) is 5.26 Å². The number of nitrogens with zero attached hydrogens (tertiary/aromatic N) is 1. The van der Waals surface area contributed by atoms with E-state index in [1.54, 1.807) is 12.1 Å². The molecule has 0 atom stereocenters. The molecule has 0 heterocycles. The van der Waals surface area contributed by atoms with Gasteiger partial charge in [0.1, 0.15) is 6.07 Å². The number of nitriles is 1. The fourth-order valence-corrected chi connectivity index (χ4v) is 1.51. The van der Waals surface area contributed by atoms with Gasteiger partial charge in [-0.3, -0.25) is 0 Å². The third-order valence-electron chi connectivity index (χ3n) is 2.46. The van der Waals surface area contributed by atoms with Crippen LogP contribution < -0.4 is 11.1 Å². The molecule has 0 aliphatic rings. The van der Waals surface area contributed by atoms with Crippen LogP contribution in [0.4, 0.5) is 11.4 Å². The normalized spacial score (nSPS) is 10.1. The molecule has 1 aromatic carbocycles. The van der Waals surface area contributed by atoms with Gasteiger partial charge in [-0.1, -0.05) is 13.8 Å². The van der Waals surface area contributed by atoms with Crippen LogP contribution in [0.3, 0.4) is 0 Å². The standard InChI is InChI=1S/C13H19N3/c1-10(2)4-3-7-16-12-5-6-13(15)11(8-12)9-14/h5-6,8,10,16H,3-4,7,15H2,1-2H3. The molecule has 86 valence electrons. The molecule has 0 aliphatic heterocycles. The summed E-state index contributed by atoms with van der Waals surface area (Å²) >= 11 is 0. The summed E-state index contributed by atoms with van der Waals surface area (Å²) in [7, 11) is 0. The number of nitrogen functional groups attached to an aromatic ring is 1. The summed E-state index contributed by atoms with van der Waals surface area (Å²) < 4.78 is 0. The summed E-state index contributed by atoms with van der Waals surface area (Å²) in [5.41, 5.74) is 7.68. The molecule has 0 saturated carbocycles. The minimum atomic E-state index is 0.536. The molecule has 3 heteroatoms. The van der Waals surface area contributed by atoms with Gasteiger partial charge in [0.15, 0.2) is 0 Å². The molecule has 16 heavy (non-hydrogen) atoms. The molecule has 0 saturated heterocycles. The maximum atomic E-state index is 8.83. The second-order valence-electron chi connectivity index (χ2n) is 4.38. The fraction of sp³-hybridized carbons (Fsp3) is 0.462. The van der Waals surface area contributed by atoms with Crippen molar-refractivity contribution in [2.24, 2.45) is 5.92 Å². The molecule has 1 aromatic rings. The van der Waals surface area contributed by atoms with Crippen molar-refractivity contribution in [3.63, 3.8) is 0 Å². The van der Waals surface area contributed by atoms with Crippen LogP contribution in [0.5, 0.6) is 0 Å². The Labute approximate surface area is 97.3 Å². The van der Waals surface area contributed by atoms with Crippen molar-refractivity contribution in [3.05, 3.63) is 23.8 Å². The highest BCUT2D eigenvalue weighted by atomic mass is 14.9. The van der Waals surface area contributed by atoms with Crippen molar-refractivity contribution < 1.29 is 0 Å². The van der Waals surface area contributed by atoms with Crippen LogP contribution in [0.1, 0.15) is 32.3 Å². The zero-order chi connectivity index (χ0) is 12.0. The molecule has 3 N–H and O–H groups in total. The van der Waals surface area contributed by atoms with Crippen molar-refractivity contribution in [2.45, 2.75) is 26.7 Å². The Morgan fingerprint density at radius 1 is 1.44 bits per heavy atom. The van der Waals surface area contributed by atoms with Crippen molar-refractivity contribution in [1.82, 2.24) is 0 Å². The van der Waals surface area contributed by atoms with Gasteiger partial charge in [0.2, 0.25) is 0 Å². The monoisotopic (exact) mass is 217 g/mol. The number of hydrogen-bond acceptors (Lipinski definition) is 3. The highest BCUT2D eigenvalue weighted by Crippen LogP contribution is 2.17. The topological polar surface area (TPSA) is 61.8 Å². The first-order valence-electron chi connectivity index (χ1n) is 5.67. The molecule has 0 bridgehead atoms. The number of hydrogen-bond donors (Lipinski definition) is 2. The Bertz CT molecular complexity index is 377. The zero-order valence-corrected chi connectivity index (χ0v) is 9.96. The average molecular weight is 217 g/mol. The van der Waals surface area contributed by atoms with E-state index in [2.05, 4.69) is 25.2 Å². The lowest BCUT2D eigenvalue weighted by Gasteiger charge is -2.08. The molecule has 0 radical (unpaired) electrons. The van der Waals surface area contributed by atoms with E-state index in [0.29, 0.717) is 11.3 Å². The number of anilines is 2. The van der Waals surface area contributed by atoms with E-state index in [-0.39, 0.29) is 0 Å². The summed E-state index contributed by atoms with van der Waals surface area (Å²) in [6, 6.07) is 7.55. The van der Waals surface area contributed by atoms with Gasteiger partial charge in [0.05, 0.1) is 5.56 Å². The number of benzene rings is 1. The summed E-state index contributed by atoms with van der Waals surface area (Å²) in [5.74, 6) is 0.739. The Morgan fingerprint density at radius 3 is 2.81 bits per heavy atom. The lowest BCUT2D eigenvalue weighted by atomic mass is 10.1. The fourth-order valence-electron chi connectivity index (χ4n) is 1.51. The highest BCUT2D eigenvalue weighted by molar-refractivity contribution is 5.61. The molecule has 0 aliphatic carbocycles. The van der Waals surface area contributed by atoms with Gasteiger partial charge in [-0.05, 0) is 37.0 Å². The first-order chi connectivity index (χ1) is 7.63. The quantitative estimate of drug-likeness (QED) is 0.588. The largest absolute Gasteiger partial charge is 0.398 e. The predicted octanol–water partition coefficient (Wildman–Crippen LogP) is 2.99. The molecule has 1 rings (SSSR count). The average Bonchev–Trinajstić information content (AvgIpc) is 2.26. The Hall–Kier alpha value is -1.69. The van der Waals surface area contributed by atoms with E-state index in [0.717, 1.165) is 24.6 Å². The minimum absolute atomic E-state index is 0.536. The van der Waals surface area contributed by atoms with Gasteiger partial charge in [-0.2, -0.15) is 5.26 Å². The molecular weight excluding hydrogens is 198 g/mol. The van der Waals surface area contributed by atoms with Crippen LogP contribution in [0.15, 0.2) is 18.2 Å².